The van der Waals surface area contributed by atoms with Gasteiger partial charge in [0.2, 0.25) is 10.0 Å². The number of hydrogen-bond donors (Lipinski definition) is 2. The van der Waals surface area contributed by atoms with E-state index in [1.807, 2.05) is 84.6 Å². The van der Waals surface area contributed by atoms with Crippen LogP contribution in [-0.4, -0.2) is 24.8 Å². The third-order valence-electron chi connectivity index (χ3n) is 5.86. The summed E-state index contributed by atoms with van der Waals surface area (Å²) in [6, 6.07) is 24.6. The molecular weight excluding hydrogens is 480 g/mol. The number of benzene rings is 2. The number of hydrogen-bond acceptors (Lipinski definition) is 5. The molecule has 1 aliphatic heterocycles. The van der Waals surface area contributed by atoms with E-state index < -0.39 is 10.0 Å². The normalized spacial score (nSPS) is 17.9. The second-order valence-electron chi connectivity index (χ2n) is 8.44. The first-order valence-electron chi connectivity index (χ1n) is 11.0. The zero-order valence-corrected chi connectivity index (χ0v) is 20.8. The van der Waals surface area contributed by atoms with Crippen LogP contribution in [0.4, 0.5) is 11.4 Å². The van der Waals surface area contributed by atoms with Crippen LogP contribution in [-0.2, 0) is 10.0 Å². The molecule has 0 amide bonds. The quantitative estimate of drug-likeness (QED) is 0.349. The highest BCUT2D eigenvalue weighted by Crippen LogP contribution is 2.43. The Morgan fingerprint density at radius 1 is 1.03 bits per heavy atom. The third kappa shape index (κ3) is 4.78. The van der Waals surface area contributed by atoms with Gasteiger partial charge in [-0.1, -0.05) is 36.4 Å². The Bertz CT molecular complexity index is 1470. The summed E-state index contributed by atoms with van der Waals surface area (Å²) in [6.07, 6.45) is 2.89. The second-order valence-corrected chi connectivity index (χ2v) is 10.6. The summed E-state index contributed by atoms with van der Waals surface area (Å²) < 4.78 is 32.4. The van der Waals surface area contributed by atoms with Crippen molar-refractivity contribution in [3.05, 3.63) is 102 Å². The Kier molecular flexibility index (Phi) is 6.04. The third-order valence-corrected chi connectivity index (χ3v) is 6.76. The van der Waals surface area contributed by atoms with Crippen molar-refractivity contribution in [2.45, 2.75) is 19.0 Å². The van der Waals surface area contributed by atoms with E-state index in [1.165, 1.54) is 0 Å². The number of pyridine rings is 1. The summed E-state index contributed by atoms with van der Waals surface area (Å²) in [5.74, 6) is 1.50. The number of aryl methyl sites for hydroxylation is 1. The van der Waals surface area contributed by atoms with Gasteiger partial charge in [0.25, 0.3) is 0 Å². The van der Waals surface area contributed by atoms with Gasteiger partial charge in [-0.2, -0.15) is 0 Å². The molecule has 7 nitrogen and oxygen atoms in total. The molecule has 9 heteroatoms. The summed E-state index contributed by atoms with van der Waals surface area (Å²) in [5, 5.41) is 3.95. The predicted octanol–water partition coefficient (Wildman–Crippen LogP) is 5.20. The lowest BCUT2D eigenvalue weighted by atomic mass is 10.0. The van der Waals surface area contributed by atoms with Crippen LogP contribution in [0.5, 0.6) is 0 Å². The highest BCUT2D eigenvalue weighted by Gasteiger charge is 2.42. The largest absolute Gasteiger partial charge is 0.459 e. The van der Waals surface area contributed by atoms with Crippen molar-refractivity contribution in [3.8, 4) is 11.3 Å². The van der Waals surface area contributed by atoms with Crippen molar-refractivity contribution in [2.75, 3.05) is 15.9 Å². The van der Waals surface area contributed by atoms with E-state index in [-0.39, 0.29) is 12.1 Å². The Morgan fingerprint density at radius 2 is 1.80 bits per heavy atom. The van der Waals surface area contributed by atoms with E-state index in [4.69, 9.17) is 16.6 Å². The van der Waals surface area contributed by atoms with E-state index in [1.54, 1.807) is 12.3 Å². The molecule has 2 aromatic carbocycles. The first-order chi connectivity index (χ1) is 16.8. The van der Waals surface area contributed by atoms with Crippen molar-refractivity contribution >= 4 is 38.7 Å². The lowest BCUT2D eigenvalue weighted by Gasteiger charge is -2.26. The van der Waals surface area contributed by atoms with Gasteiger partial charge in [-0.05, 0) is 67.2 Å². The summed E-state index contributed by atoms with van der Waals surface area (Å²) in [5.41, 5.74) is 3.95. The first kappa shape index (κ1) is 23.1. The van der Waals surface area contributed by atoms with Crippen LogP contribution in [0.15, 0.2) is 89.5 Å². The van der Waals surface area contributed by atoms with Gasteiger partial charge in [-0.3, -0.25) is 9.71 Å². The number of aromatic nitrogens is 1. The minimum atomic E-state index is -3.39. The van der Waals surface area contributed by atoms with Crippen molar-refractivity contribution in [1.29, 1.82) is 0 Å². The van der Waals surface area contributed by atoms with Crippen LogP contribution in [0, 0.1) is 6.92 Å². The van der Waals surface area contributed by atoms with E-state index in [0.717, 1.165) is 40.3 Å². The van der Waals surface area contributed by atoms with Gasteiger partial charge in [0.05, 0.1) is 23.7 Å². The Labute approximate surface area is 209 Å². The molecule has 0 radical (unpaired) electrons. The lowest BCUT2D eigenvalue weighted by molar-refractivity contribution is 0.439. The van der Waals surface area contributed by atoms with Gasteiger partial charge in [0, 0.05) is 17.4 Å². The van der Waals surface area contributed by atoms with Crippen molar-refractivity contribution in [2.24, 2.45) is 0 Å². The molecule has 0 saturated carbocycles. The minimum absolute atomic E-state index is 0.243. The van der Waals surface area contributed by atoms with Crippen LogP contribution in [0.2, 0.25) is 0 Å². The molecule has 4 aromatic rings. The summed E-state index contributed by atoms with van der Waals surface area (Å²) in [6.45, 7) is 1.86. The Hall–Kier alpha value is -3.69. The van der Waals surface area contributed by atoms with Gasteiger partial charge in [0.1, 0.15) is 17.6 Å². The number of nitrogens with one attached hydrogen (secondary N) is 2. The maximum Gasteiger partial charge on any atom is 0.229 e. The lowest BCUT2D eigenvalue weighted by Crippen LogP contribution is -2.29. The highest BCUT2D eigenvalue weighted by atomic mass is 32.2. The topological polar surface area (TPSA) is 87.5 Å². The molecule has 0 spiro atoms. The molecule has 2 aromatic heterocycles. The molecule has 0 aliphatic carbocycles. The maximum absolute atomic E-state index is 11.7. The van der Waals surface area contributed by atoms with Gasteiger partial charge >= 0.3 is 0 Å². The number of furan rings is 1. The van der Waals surface area contributed by atoms with Crippen LogP contribution < -0.4 is 14.9 Å². The molecule has 3 heterocycles. The average Bonchev–Trinajstić information content (AvgIpc) is 3.45. The molecule has 178 valence electrons. The standard InChI is InChI=1S/C26H24N4O3S2/c1-17-16-19(11-12-20(17)29-35(2,31)32)30-25(24(28-26(30)34)21-10-6-7-15-27-21)23-14-13-22(33-23)18-8-4-3-5-9-18/h3-16,24-25,29H,1-2H3,(H,28,34)/t24-,25-/m0/s1. The predicted molar refractivity (Wildman–Crippen MR) is 142 cm³/mol. The second kappa shape index (κ2) is 9.16. The number of anilines is 2. The van der Waals surface area contributed by atoms with Crippen molar-refractivity contribution in [1.82, 2.24) is 10.3 Å². The minimum Gasteiger partial charge on any atom is -0.459 e. The number of rotatable bonds is 6. The maximum atomic E-state index is 11.7. The fourth-order valence-electron chi connectivity index (χ4n) is 4.30. The Balaban J connectivity index is 1.58. The fourth-order valence-corrected chi connectivity index (χ4v) is 5.28. The smallest absolute Gasteiger partial charge is 0.229 e. The van der Waals surface area contributed by atoms with Gasteiger partial charge in [-0.15, -0.1) is 0 Å². The highest BCUT2D eigenvalue weighted by molar-refractivity contribution is 7.92. The summed E-state index contributed by atoms with van der Waals surface area (Å²) in [4.78, 5) is 6.57. The molecule has 1 saturated heterocycles. The van der Waals surface area contributed by atoms with Crippen LogP contribution in [0.3, 0.4) is 0 Å². The van der Waals surface area contributed by atoms with Gasteiger partial charge < -0.3 is 14.6 Å². The van der Waals surface area contributed by atoms with Crippen molar-refractivity contribution in [3.63, 3.8) is 0 Å². The number of sulfonamides is 1. The molecule has 5 rings (SSSR count). The summed E-state index contributed by atoms with van der Waals surface area (Å²) >= 11 is 5.77. The molecule has 2 N–H and O–H groups in total. The van der Waals surface area contributed by atoms with E-state index in [9.17, 15) is 8.42 Å². The molecular formula is C26H24N4O3S2. The zero-order chi connectivity index (χ0) is 24.6. The first-order valence-corrected chi connectivity index (χ1v) is 13.3. The molecule has 0 unspecified atom stereocenters. The van der Waals surface area contributed by atoms with Gasteiger partial charge in [-0.25, -0.2) is 8.42 Å². The molecule has 2 atom stereocenters. The van der Waals surface area contributed by atoms with Gasteiger partial charge in [0.15, 0.2) is 5.11 Å². The van der Waals surface area contributed by atoms with Crippen LogP contribution in [0.25, 0.3) is 11.3 Å². The van der Waals surface area contributed by atoms with E-state index in [0.29, 0.717) is 10.8 Å². The van der Waals surface area contributed by atoms with Crippen LogP contribution in [0.1, 0.15) is 29.1 Å². The molecule has 1 aliphatic rings. The monoisotopic (exact) mass is 504 g/mol. The van der Waals surface area contributed by atoms with Crippen molar-refractivity contribution < 1.29 is 12.8 Å². The Morgan fingerprint density at radius 3 is 2.49 bits per heavy atom. The number of nitrogens with zero attached hydrogens (tertiary/aromatic N) is 2. The zero-order valence-electron chi connectivity index (χ0n) is 19.2. The molecule has 35 heavy (non-hydrogen) atoms. The summed E-state index contributed by atoms with van der Waals surface area (Å²) in [7, 11) is -3.39. The number of thiocarbonyl (C=S) groups is 1. The average molecular weight is 505 g/mol. The van der Waals surface area contributed by atoms with E-state index >= 15 is 0 Å². The van der Waals surface area contributed by atoms with Crippen LogP contribution >= 0.6 is 12.2 Å². The SMILES string of the molecule is Cc1cc(N2C(=S)N[C@@H](c3ccccn3)[C@@H]2c2ccc(-c3ccccc3)o2)ccc1NS(C)(=O)=O. The van der Waals surface area contributed by atoms with E-state index in [2.05, 4.69) is 15.0 Å². The fraction of sp³-hybridized carbons (Fsp3) is 0.154. The molecule has 1 fully saturated rings. The molecule has 0 bridgehead atoms.